The van der Waals surface area contributed by atoms with Gasteiger partial charge in [0.15, 0.2) is 69.1 Å². The topological polar surface area (TPSA) is 251 Å². The lowest BCUT2D eigenvalue weighted by Crippen LogP contribution is -2.32. The van der Waals surface area contributed by atoms with Crippen molar-refractivity contribution in [2.24, 2.45) is 5.92 Å². The summed E-state index contributed by atoms with van der Waals surface area (Å²) in [6, 6.07) is 63.3. The molecule has 0 spiro atoms. The van der Waals surface area contributed by atoms with E-state index >= 15 is 0 Å². The first-order valence-electron chi connectivity index (χ1n) is 46.7. The summed E-state index contributed by atoms with van der Waals surface area (Å²) in [6.07, 6.45) is 8.15. The molecular formula is C108H119ClN10O15S4. The number of benzene rings is 9. The third-order valence-electron chi connectivity index (χ3n) is 23.5. The number of rotatable bonds is 44. The normalized spacial score (nSPS) is 12.9. The summed E-state index contributed by atoms with van der Waals surface area (Å²) in [5.41, 5.74) is 15.1. The summed E-state index contributed by atoms with van der Waals surface area (Å²) in [5.74, 6) is 10.3. The maximum atomic E-state index is 12.6. The molecule has 30 heteroatoms. The molecular weight excluding hydrogens is 1840 g/mol. The van der Waals surface area contributed by atoms with Crippen LogP contribution in [0.4, 0.5) is 0 Å². The van der Waals surface area contributed by atoms with Crippen LogP contribution in [0.3, 0.4) is 0 Å². The van der Waals surface area contributed by atoms with Gasteiger partial charge in [-0.05, 0) is 191 Å². The molecule has 0 saturated carbocycles. The molecule has 4 aromatic heterocycles. The minimum absolute atomic E-state index is 0.107. The Morgan fingerprint density at radius 3 is 1.04 bits per heavy atom. The van der Waals surface area contributed by atoms with Crippen LogP contribution >= 0.6 is 56.9 Å². The number of Topliss-reactive ketones (excluding diaryl/α,β-unsaturated/α-hetero) is 2. The van der Waals surface area contributed by atoms with Gasteiger partial charge in [0.05, 0.1) is 51.8 Å². The molecule has 1 amide bonds. The molecule has 9 aromatic carbocycles. The Hall–Kier alpha value is -12.4. The fourth-order valence-corrected chi connectivity index (χ4v) is 19.3. The van der Waals surface area contributed by atoms with Gasteiger partial charge in [-0.25, -0.2) is 19.9 Å². The van der Waals surface area contributed by atoms with Crippen molar-refractivity contribution in [3.05, 3.63) is 320 Å². The van der Waals surface area contributed by atoms with Gasteiger partial charge < -0.3 is 67.5 Å². The molecule has 0 aliphatic carbocycles. The molecule has 722 valence electrons. The van der Waals surface area contributed by atoms with Gasteiger partial charge in [-0.2, -0.15) is 0 Å². The smallest absolute Gasteiger partial charge is 0.270 e. The van der Waals surface area contributed by atoms with Gasteiger partial charge in [-0.15, -0.1) is 45.3 Å². The van der Waals surface area contributed by atoms with Gasteiger partial charge >= 0.3 is 0 Å². The van der Waals surface area contributed by atoms with Crippen molar-refractivity contribution in [1.29, 1.82) is 0 Å². The minimum atomic E-state index is -0.107. The van der Waals surface area contributed by atoms with Crippen LogP contribution in [0.5, 0.6) is 69.0 Å². The number of ether oxygens (including phenoxy) is 12. The Labute approximate surface area is 828 Å². The Morgan fingerprint density at radius 1 is 0.377 bits per heavy atom. The van der Waals surface area contributed by atoms with Gasteiger partial charge in [0.2, 0.25) is 34.0 Å². The summed E-state index contributed by atoms with van der Waals surface area (Å²) in [4.78, 5) is 65.7. The highest BCUT2D eigenvalue weighted by Gasteiger charge is 2.26. The monoisotopic (exact) mass is 1960 g/mol. The predicted octanol–water partition coefficient (Wildman–Crippen LogP) is 23.3. The molecule has 13 aromatic rings. The number of thiazole rings is 4. The van der Waals surface area contributed by atoms with Crippen molar-refractivity contribution in [2.75, 3.05) is 48.2 Å². The average molecular weight is 1960 g/mol. The van der Waals surface area contributed by atoms with Crippen LogP contribution in [-0.4, -0.2) is 111 Å². The zero-order valence-electron chi connectivity index (χ0n) is 79.4. The quantitative estimate of drug-likeness (QED) is 0.0266. The summed E-state index contributed by atoms with van der Waals surface area (Å²) in [7, 11) is 3.34. The van der Waals surface area contributed by atoms with Crippen LogP contribution < -0.4 is 67.5 Å². The number of aromatic nitrogens is 4. The number of nitrogens with one attached hydrogen (secondary N) is 2. The third kappa shape index (κ3) is 29.6. The van der Waals surface area contributed by atoms with Gasteiger partial charge in [0.1, 0.15) is 48.6 Å². The van der Waals surface area contributed by atoms with E-state index in [4.69, 9.17) is 73.4 Å². The molecule has 5 aliphatic heterocycles. The summed E-state index contributed by atoms with van der Waals surface area (Å²) in [6.45, 7) is 27.5. The molecule has 0 radical (unpaired) electrons. The summed E-state index contributed by atoms with van der Waals surface area (Å²) >= 11 is 12.4. The van der Waals surface area contributed by atoms with Crippen LogP contribution in [0, 0.1) is 5.92 Å². The number of hydrogen-bond acceptors (Lipinski definition) is 28. The van der Waals surface area contributed by atoms with Gasteiger partial charge in [0, 0.05) is 104 Å². The van der Waals surface area contributed by atoms with Crippen LogP contribution in [-0.2, 0) is 91.5 Å². The number of carbonyl (C=O) groups is 3. The molecule has 2 N–H and O–H groups in total. The number of fused-ring (bicyclic) bond motifs is 5. The van der Waals surface area contributed by atoms with Crippen molar-refractivity contribution in [1.82, 2.24) is 50.2 Å². The Bertz CT molecular complexity index is 6170. The lowest BCUT2D eigenvalue weighted by atomic mass is 10.0. The highest BCUT2D eigenvalue weighted by molar-refractivity contribution is 7.10. The van der Waals surface area contributed by atoms with Crippen molar-refractivity contribution in [3.8, 4) is 69.0 Å². The number of amides is 1. The predicted molar refractivity (Wildman–Crippen MR) is 541 cm³/mol. The molecule has 0 bridgehead atoms. The highest BCUT2D eigenvalue weighted by Crippen LogP contribution is 2.39. The van der Waals surface area contributed by atoms with Gasteiger partial charge in [-0.3, -0.25) is 34.0 Å². The van der Waals surface area contributed by atoms with E-state index in [0.717, 1.165) is 231 Å². The summed E-state index contributed by atoms with van der Waals surface area (Å²) < 4.78 is 65.5. The number of halogens is 1. The number of unbranched alkanes of at least 4 members (excludes halogenated alkanes) is 2. The van der Waals surface area contributed by atoms with Crippen molar-refractivity contribution in [2.45, 2.75) is 190 Å². The van der Waals surface area contributed by atoms with Crippen LogP contribution in [0.15, 0.2) is 216 Å². The second-order valence-corrected chi connectivity index (χ2v) is 38.9. The summed E-state index contributed by atoms with van der Waals surface area (Å²) in [5, 5.41) is 18.6. The van der Waals surface area contributed by atoms with Gasteiger partial charge in [-0.1, -0.05) is 163 Å². The van der Waals surface area contributed by atoms with E-state index in [1.165, 1.54) is 39.2 Å². The Balaban J connectivity index is 0.000000140. The molecule has 9 heterocycles. The highest BCUT2D eigenvalue weighted by atomic mass is 35.5. The van der Waals surface area contributed by atoms with E-state index in [1.807, 2.05) is 132 Å². The Kier molecular flexibility index (Phi) is 36.4. The van der Waals surface area contributed by atoms with E-state index in [2.05, 4.69) is 171 Å². The second kappa shape index (κ2) is 50.3. The second-order valence-electron chi connectivity index (χ2n) is 34.7. The van der Waals surface area contributed by atoms with E-state index in [-0.39, 0.29) is 57.5 Å². The molecule has 18 rings (SSSR count). The Morgan fingerprint density at radius 2 is 0.681 bits per heavy atom. The number of aryl methyl sites for hydroxylation is 1. The largest absolute Gasteiger partial charge is 0.497 e. The number of hydrogen-bond donors (Lipinski definition) is 2. The van der Waals surface area contributed by atoms with Crippen molar-refractivity contribution < 1.29 is 71.2 Å². The molecule has 0 fully saturated rings. The molecule has 1 unspecified atom stereocenters. The fourth-order valence-electron chi connectivity index (χ4n) is 15.8. The average Bonchev–Trinajstić information content (AvgIpc) is 1.69. The minimum Gasteiger partial charge on any atom is -0.497 e. The lowest BCUT2D eigenvalue weighted by molar-refractivity contribution is 0.0931. The first kappa shape index (κ1) is 100. The SMILES string of the molecule is C=C(NCc1ccc2c(c1)OCO2)c1csc(CN(Cc2ccc(Cl)cc2)Cc2ccc3c(c2)OCO3)n1.CCCCCC(=O)c1csc(CN(Cc2ccc(OC)cc2)Cc2ccc3c(c2)OCO3)n1.CCc1ccc(CN(Cc2ccc3c(c2)OCO3)Cc2nc(C(=O)NC(C)CC)cs2)cc1.COc1ccc(CN(Cc2ccc3c(c2)OCO3)Cc2nc(C(=O)CCCC(C)C)cs2)cc1. The fraction of sp³-hybridized carbons (Fsp3) is 0.343. The van der Waals surface area contributed by atoms with E-state index in [0.29, 0.717) is 68.6 Å². The first-order valence-corrected chi connectivity index (χ1v) is 50.6. The first-order chi connectivity index (χ1) is 67.3. The molecule has 25 nitrogen and oxygen atoms in total. The molecule has 1 atom stereocenters. The lowest BCUT2D eigenvalue weighted by Gasteiger charge is -2.22. The number of carbonyl (C=O) groups excluding carboxylic acids is 3. The van der Waals surface area contributed by atoms with Gasteiger partial charge in [0.25, 0.3) is 5.91 Å². The standard InChI is InChI=1S/C29H26ClN3O4S.C27H32N2O4S.C26H31N3O3S.C26H30N2O4S/c1-19(31-12-21-4-8-25-27(10-21)36-17-34-25)24-16-38-29(32-24)15-33(13-20-2-6-23(30)7-3-20)14-22-5-9-26-28(11-22)37-18-35-26;1-19(2)5-4-6-24(30)23-17-34-27(28-23)16-29(14-20-7-10-22(31-3)11-8-20)15-21-9-12-25-26(13-21)33-18-32-25;1-4-18(3)27-26(30)22-16-33-25(28-22)15-29(13-20-8-6-19(5-2)7-9-20)14-21-10-11-23-24(12-21)32-17-31-23;1-3-4-5-6-23(29)22-17-33-26(27-22)16-28(14-19-7-10-21(30-2)11-8-19)15-20-9-12-24-25(13-20)32-18-31-24/h2-11,16,31H,1,12-15,17-18H2;7-13,17,19H,4-6,14-16,18H2,1-3H3;6-12,16,18H,4-5,13-15,17H2,1-3H3,(H,27,30);7-13,17H,3-6,14-16,18H2,1-2H3. The number of methoxy groups -OCH3 is 2. The third-order valence-corrected chi connectivity index (χ3v) is 27.1. The zero-order chi connectivity index (χ0) is 96.1. The molecule has 138 heavy (non-hydrogen) atoms. The maximum absolute atomic E-state index is 12.6. The van der Waals surface area contributed by atoms with E-state index < -0.39 is 0 Å². The van der Waals surface area contributed by atoms with Crippen molar-refractivity contribution >= 4 is 80.1 Å². The maximum Gasteiger partial charge on any atom is 0.270 e. The van der Waals surface area contributed by atoms with Crippen LogP contribution in [0.25, 0.3) is 5.70 Å². The number of nitrogens with zero attached hydrogens (tertiary/aromatic N) is 8. The van der Waals surface area contributed by atoms with E-state index in [9.17, 15) is 14.4 Å². The van der Waals surface area contributed by atoms with E-state index in [1.54, 1.807) is 48.2 Å². The van der Waals surface area contributed by atoms with Crippen LogP contribution in [0.2, 0.25) is 5.02 Å². The van der Waals surface area contributed by atoms with Crippen LogP contribution in [0.1, 0.15) is 206 Å². The molecule has 5 aliphatic rings. The number of ketones is 2. The molecule has 0 saturated heterocycles. The van der Waals surface area contributed by atoms with Crippen molar-refractivity contribution in [3.63, 3.8) is 0 Å². The zero-order valence-corrected chi connectivity index (χ0v) is 83.4.